The van der Waals surface area contributed by atoms with Crippen LogP contribution in [0.2, 0.25) is 0 Å². The third kappa shape index (κ3) is 4.39. The molecule has 0 bridgehead atoms. The van der Waals surface area contributed by atoms with E-state index in [0.717, 1.165) is 6.54 Å². The van der Waals surface area contributed by atoms with Crippen LogP contribution in [0.1, 0.15) is 39.4 Å². The first-order valence-electron chi connectivity index (χ1n) is 6.66. The predicted octanol–water partition coefficient (Wildman–Crippen LogP) is 3.54. The van der Waals surface area contributed by atoms with Crippen LogP contribution in [0, 0.1) is 11.7 Å². The Morgan fingerprint density at radius 3 is 2.44 bits per heavy atom. The van der Waals surface area contributed by atoms with Crippen LogP contribution in [0.4, 0.5) is 4.39 Å². The number of hydrogen-bond donors (Lipinski definition) is 1. The van der Waals surface area contributed by atoms with Gasteiger partial charge in [0.05, 0.1) is 12.2 Å². The van der Waals surface area contributed by atoms with Crippen molar-refractivity contribution in [2.24, 2.45) is 5.92 Å². The van der Waals surface area contributed by atoms with Gasteiger partial charge < -0.3 is 10.1 Å². The van der Waals surface area contributed by atoms with Crippen LogP contribution in [0.15, 0.2) is 24.3 Å². The summed E-state index contributed by atoms with van der Waals surface area (Å²) in [6.45, 7) is 9.76. The molecule has 0 heterocycles. The molecule has 1 aromatic carbocycles. The first kappa shape index (κ1) is 15.1. The topological polar surface area (TPSA) is 21.3 Å². The van der Waals surface area contributed by atoms with E-state index in [0.29, 0.717) is 18.0 Å². The fourth-order valence-corrected chi connectivity index (χ4v) is 1.66. The zero-order valence-electron chi connectivity index (χ0n) is 11.7. The molecule has 1 rings (SSSR count). The summed E-state index contributed by atoms with van der Waals surface area (Å²) in [5.74, 6) is 0.220. The zero-order valence-corrected chi connectivity index (χ0v) is 11.7. The molecule has 0 saturated carbocycles. The third-order valence-electron chi connectivity index (χ3n) is 3.15. The van der Waals surface area contributed by atoms with Crippen LogP contribution < -0.4 is 5.32 Å². The Morgan fingerprint density at radius 1 is 1.22 bits per heavy atom. The van der Waals surface area contributed by atoms with Crippen LogP contribution in [0.5, 0.6) is 0 Å². The third-order valence-corrected chi connectivity index (χ3v) is 3.15. The Balaban J connectivity index is 2.81. The quantitative estimate of drug-likeness (QED) is 0.802. The highest BCUT2D eigenvalue weighted by atomic mass is 19.1. The smallest absolute Gasteiger partial charge is 0.129 e. The lowest BCUT2D eigenvalue weighted by Crippen LogP contribution is -2.28. The Hall–Kier alpha value is -0.930. The maximum Gasteiger partial charge on any atom is 0.129 e. The van der Waals surface area contributed by atoms with Crippen molar-refractivity contribution in [1.29, 1.82) is 0 Å². The van der Waals surface area contributed by atoms with E-state index in [1.807, 2.05) is 19.9 Å². The summed E-state index contributed by atoms with van der Waals surface area (Å²) >= 11 is 0. The van der Waals surface area contributed by atoms with E-state index in [4.69, 9.17) is 4.74 Å². The van der Waals surface area contributed by atoms with Crippen LogP contribution in [-0.2, 0) is 4.74 Å². The van der Waals surface area contributed by atoms with Gasteiger partial charge in [0.2, 0.25) is 0 Å². The van der Waals surface area contributed by atoms with Gasteiger partial charge in [0.1, 0.15) is 5.82 Å². The number of hydrogen-bond acceptors (Lipinski definition) is 2. The predicted molar refractivity (Wildman–Crippen MR) is 73.1 cm³/mol. The molecule has 2 unspecified atom stereocenters. The van der Waals surface area contributed by atoms with E-state index in [-0.39, 0.29) is 18.0 Å². The molecule has 0 aliphatic carbocycles. The first-order chi connectivity index (χ1) is 8.56. The van der Waals surface area contributed by atoms with Crippen molar-refractivity contribution in [3.05, 3.63) is 35.6 Å². The van der Waals surface area contributed by atoms with Crippen molar-refractivity contribution in [1.82, 2.24) is 5.32 Å². The van der Waals surface area contributed by atoms with Gasteiger partial charge in [-0.15, -0.1) is 0 Å². The molecule has 2 atom stereocenters. The van der Waals surface area contributed by atoms with Gasteiger partial charge in [-0.25, -0.2) is 4.39 Å². The Bertz CT molecular complexity index is 354. The normalized spacial score (nSPS) is 14.8. The SMILES string of the molecule is CCNCC(OC(C)C(C)C)c1ccccc1F. The minimum atomic E-state index is -0.233. The van der Waals surface area contributed by atoms with Crippen molar-refractivity contribution in [3.8, 4) is 0 Å². The van der Waals surface area contributed by atoms with E-state index >= 15 is 0 Å². The summed E-state index contributed by atoms with van der Waals surface area (Å²) in [4.78, 5) is 0. The van der Waals surface area contributed by atoms with Gasteiger partial charge >= 0.3 is 0 Å². The second-order valence-electron chi connectivity index (χ2n) is 4.90. The van der Waals surface area contributed by atoms with Crippen LogP contribution >= 0.6 is 0 Å². The van der Waals surface area contributed by atoms with E-state index in [9.17, 15) is 4.39 Å². The highest BCUT2D eigenvalue weighted by Crippen LogP contribution is 2.23. The molecule has 0 aromatic heterocycles. The Morgan fingerprint density at radius 2 is 1.89 bits per heavy atom. The van der Waals surface area contributed by atoms with Gasteiger partial charge in [-0.05, 0) is 25.5 Å². The second kappa shape index (κ2) is 7.49. The number of benzene rings is 1. The molecule has 0 aliphatic rings. The molecule has 2 nitrogen and oxygen atoms in total. The first-order valence-corrected chi connectivity index (χ1v) is 6.66. The molecule has 0 spiro atoms. The van der Waals surface area contributed by atoms with Crippen molar-refractivity contribution in [2.75, 3.05) is 13.1 Å². The van der Waals surface area contributed by atoms with Crippen molar-refractivity contribution in [3.63, 3.8) is 0 Å². The van der Waals surface area contributed by atoms with Gasteiger partial charge in [0.25, 0.3) is 0 Å². The van der Waals surface area contributed by atoms with Crippen molar-refractivity contribution in [2.45, 2.75) is 39.9 Å². The van der Waals surface area contributed by atoms with E-state index in [1.165, 1.54) is 6.07 Å². The molecule has 0 amide bonds. The van der Waals surface area contributed by atoms with Gasteiger partial charge in [-0.3, -0.25) is 0 Å². The van der Waals surface area contributed by atoms with Gasteiger partial charge in [0, 0.05) is 12.1 Å². The maximum atomic E-state index is 13.8. The number of nitrogens with one attached hydrogen (secondary N) is 1. The Kier molecular flexibility index (Phi) is 6.30. The van der Waals surface area contributed by atoms with Crippen molar-refractivity contribution >= 4 is 0 Å². The number of halogens is 1. The average Bonchev–Trinajstić information content (AvgIpc) is 2.35. The second-order valence-corrected chi connectivity index (χ2v) is 4.90. The molecule has 18 heavy (non-hydrogen) atoms. The summed E-state index contributed by atoms with van der Waals surface area (Å²) in [6, 6.07) is 6.83. The molecule has 0 fully saturated rings. The van der Waals surface area contributed by atoms with Gasteiger partial charge in [-0.2, -0.15) is 0 Å². The monoisotopic (exact) mass is 253 g/mol. The summed E-state index contributed by atoms with van der Waals surface area (Å²) in [6.07, 6.45) is -0.128. The minimum Gasteiger partial charge on any atom is -0.369 e. The van der Waals surface area contributed by atoms with E-state index in [2.05, 4.69) is 19.2 Å². The minimum absolute atomic E-state index is 0.105. The largest absolute Gasteiger partial charge is 0.369 e. The van der Waals surface area contributed by atoms with E-state index < -0.39 is 0 Å². The zero-order chi connectivity index (χ0) is 13.5. The van der Waals surface area contributed by atoms with E-state index in [1.54, 1.807) is 12.1 Å². The lowest BCUT2D eigenvalue weighted by Gasteiger charge is -2.25. The number of ether oxygens (including phenoxy) is 1. The van der Waals surface area contributed by atoms with Crippen LogP contribution in [0.3, 0.4) is 0 Å². The molecule has 0 saturated heterocycles. The fourth-order valence-electron chi connectivity index (χ4n) is 1.66. The highest BCUT2D eigenvalue weighted by Gasteiger charge is 2.19. The van der Waals surface area contributed by atoms with Crippen LogP contribution in [0.25, 0.3) is 0 Å². The maximum absolute atomic E-state index is 13.8. The molecular formula is C15H24FNO. The average molecular weight is 253 g/mol. The molecule has 0 aliphatic heterocycles. The standard InChI is InChI=1S/C15H24FNO/c1-5-17-10-15(18-12(4)11(2)3)13-8-6-7-9-14(13)16/h6-9,11-12,15,17H,5,10H2,1-4H3. The molecule has 0 radical (unpaired) electrons. The number of likely N-dealkylation sites (N-methyl/N-ethyl adjacent to an activating group) is 1. The number of rotatable bonds is 7. The summed E-state index contributed by atoms with van der Waals surface area (Å²) in [5, 5.41) is 3.23. The molecule has 102 valence electrons. The molecule has 1 N–H and O–H groups in total. The molecule has 1 aromatic rings. The lowest BCUT2D eigenvalue weighted by atomic mass is 10.1. The summed E-state index contributed by atoms with van der Waals surface area (Å²) in [5.41, 5.74) is 0.631. The molecular weight excluding hydrogens is 229 g/mol. The summed E-state index contributed by atoms with van der Waals surface area (Å²) < 4.78 is 19.8. The van der Waals surface area contributed by atoms with Gasteiger partial charge in [0.15, 0.2) is 0 Å². The summed E-state index contributed by atoms with van der Waals surface area (Å²) in [7, 11) is 0. The van der Waals surface area contributed by atoms with Crippen molar-refractivity contribution < 1.29 is 9.13 Å². The van der Waals surface area contributed by atoms with Gasteiger partial charge in [-0.1, -0.05) is 39.0 Å². The fraction of sp³-hybridized carbons (Fsp3) is 0.600. The van der Waals surface area contributed by atoms with Crippen LogP contribution in [-0.4, -0.2) is 19.2 Å². The lowest BCUT2D eigenvalue weighted by molar-refractivity contribution is -0.0272. The highest BCUT2D eigenvalue weighted by molar-refractivity contribution is 5.20. The Labute approximate surface area is 110 Å². The molecule has 3 heteroatoms.